The summed E-state index contributed by atoms with van der Waals surface area (Å²) < 4.78 is 16.4. The van der Waals surface area contributed by atoms with Gasteiger partial charge in [0.25, 0.3) is 0 Å². The lowest BCUT2D eigenvalue weighted by molar-refractivity contribution is -0.137. The highest BCUT2D eigenvalue weighted by Gasteiger charge is 2.20. The number of amides is 1. The molecule has 5 heteroatoms. The van der Waals surface area contributed by atoms with Crippen molar-refractivity contribution in [1.82, 2.24) is 5.32 Å². The molecule has 1 N–H and O–H groups in total. The van der Waals surface area contributed by atoms with E-state index in [2.05, 4.69) is 10.1 Å². The van der Waals surface area contributed by atoms with Crippen molar-refractivity contribution in [2.24, 2.45) is 0 Å². The van der Waals surface area contributed by atoms with Gasteiger partial charge in [-0.05, 0) is 27.7 Å². The van der Waals surface area contributed by atoms with Crippen LogP contribution in [-0.4, -0.2) is 23.8 Å². The van der Waals surface area contributed by atoms with E-state index < -0.39 is 23.8 Å². The number of carbonyl (C=O) groups excluding carboxylic acids is 2. The topological polar surface area (TPSA) is 55.4 Å². The molecule has 0 spiro atoms. The highest BCUT2D eigenvalue weighted by molar-refractivity contribution is 5.77. The molecule has 1 atom stereocenters. The quantitative estimate of drug-likeness (QED) is 0.671. The average molecular weight is 191 g/mol. The van der Waals surface area contributed by atoms with Crippen LogP contribution >= 0.6 is 0 Å². The van der Waals surface area contributed by atoms with Crippen molar-refractivity contribution < 1.29 is 18.7 Å². The van der Waals surface area contributed by atoms with Crippen LogP contribution in [-0.2, 0) is 9.53 Å². The Morgan fingerprint density at radius 2 is 1.85 bits per heavy atom. The van der Waals surface area contributed by atoms with Crippen molar-refractivity contribution in [1.29, 1.82) is 0 Å². The third kappa shape index (κ3) is 6.07. The van der Waals surface area contributed by atoms with Crippen LogP contribution < -0.4 is 5.32 Å². The Hall–Kier alpha value is -1.13. The molecule has 0 fully saturated rings. The molecule has 13 heavy (non-hydrogen) atoms. The summed E-state index contributed by atoms with van der Waals surface area (Å²) in [5.74, 6) is 0. The zero-order chi connectivity index (χ0) is 10.6. The normalized spacial score (nSPS) is 13.3. The fourth-order valence-electron chi connectivity index (χ4n) is 0.543. The monoisotopic (exact) mass is 191 g/mol. The summed E-state index contributed by atoms with van der Waals surface area (Å²) in [4.78, 5) is 21.0. The third-order valence-corrected chi connectivity index (χ3v) is 1.08. The van der Waals surface area contributed by atoms with Crippen LogP contribution in [0.3, 0.4) is 0 Å². The number of rotatable bonds is 2. The van der Waals surface area contributed by atoms with Gasteiger partial charge in [-0.3, -0.25) is 4.79 Å². The van der Waals surface area contributed by atoms with E-state index in [1.165, 1.54) is 6.92 Å². The number of hydrogen-bond donors (Lipinski definition) is 1. The van der Waals surface area contributed by atoms with Gasteiger partial charge < -0.3 is 10.1 Å². The second-order valence-electron chi connectivity index (χ2n) is 3.73. The molecule has 0 rings (SSSR count). The molecule has 0 saturated heterocycles. The molecule has 0 unspecified atom stereocenters. The molecule has 76 valence electrons. The molecule has 0 aliphatic rings. The predicted octanol–water partition coefficient (Wildman–Crippen LogP) is 1.40. The van der Waals surface area contributed by atoms with Gasteiger partial charge in [-0.25, -0.2) is 4.79 Å². The number of hydrogen-bond acceptors (Lipinski definition) is 3. The van der Waals surface area contributed by atoms with Gasteiger partial charge in [0.2, 0.25) is 0 Å². The van der Waals surface area contributed by atoms with E-state index in [-0.39, 0.29) is 0 Å². The molecule has 0 aromatic carbocycles. The van der Waals surface area contributed by atoms with Gasteiger partial charge in [-0.1, -0.05) is 0 Å². The lowest BCUT2D eigenvalue weighted by Gasteiger charge is -2.20. The lowest BCUT2D eigenvalue weighted by atomic mass is 10.1. The summed E-state index contributed by atoms with van der Waals surface area (Å²) >= 11 is 0. The van der Waals surface area contributed by atoms with Crippen LogP contribution in [0.4, 0.5) is 9.18 Å². The fourth-order valence-corrected chi connectivity index (χ4v) is 0.543. The second-order valence-corrected chi connectivity index (χ2v) is 3.73. The maximum atomic E-state index is 11.9. The highest BCUT2D eigenvalue weighted by Crippen LogP contribution is 2.01. The maximum absolute atomic E-state index is 11.9. The van der Waals surface area contributed by atoms with E-state index in [1.807, 2.05) is 0 Å². The largest absolute Gasteiger partial charge is 0.435 e. The molecular formula is C8H14FNO3. The van der Waals surface area contributed by atoms with Crippen molar-refractivity contribution in [3.05, 3.63) is 0 Å². The Bertz CT molecular complexity index is 210. The van der Waals surface area contributed by atoms with Crippen molar-refractivity contribution in [3.63, 3.8) is 0 Å². The van der Waals surface area contributed by atoms with Gasteiger partial charge in [-0.2, -0.15) is 4.39 Å². The van der Waals surface area contributed by atoms with Crippen molar-refractivity contribution >= 4 is 12.1 Å². The minimum absolute atomic E-state index is 0.462. The first-order valence-electron chi connectivity index (χ1n) is 3.90. The van der Waals surface area contributed by atoms with Crippen LogP contribution in [0.2, 0.25) is 0 Å². The minimum atomic E-state index is -1.66. The maximum Gasteiger partial charge on any atom is 0.408 e. The van der Waals surface area contributed by atoms with Crippen LogP contribution in [0, 0.1) is 0 Å². The summed E-state index contributed by atoms with van der Waals surface area (Å²) in [6.45, 7) is 6.41. The number of carbonyl (C=O) groups is 2. The van der Waals surface area contributed by atoms with E-state index in [4.69, 9.17) is 0 Å². The van der Waals surface area contributed by atoms with Crippen LogP contribution in [0.5, 0.6) is 0 Å². The Balaban J connectivity index is 3.96. The lowest BCUT2D eigenvalue weighted by Crippen LogP contribution is -2.42. The average Bonchev–Trinajstić information content (AvgIpc) is 1.81. The summed E-state index contributed by atoms with van der Waals surface area (Å²) in [6, 6.07) is -1.66. The van der Waals surface area contributed by atoms with Crippen molar-refractivity contribution in [3.8, 4) is 0 Å². The second kappa shape index (κ2) is 4.20. The van der Waals surface area contributed by atoms with Gasteiger partial charge in [0, 0.05) is 5.54 Å². The molecule has 0 bridgehead atoms. The first-order chi connectivity index (χ1) is 5.72. The first kappa shape index (κ1) is 11.9. The Morgan fingerprint density at radius 3 is 2.15 bits per heavy atom. The van der Waals surface area contributed by atoms with Gasteiger partial charge in [0.05, 0.1) is 0 Å². The van der Waals surface area contributed by atoms with Crippen LogP contribution in [0.25, 0.3) is 0 Å². The van der Waals surface area contributed by atoms with E-state index in [0.29, 0.717) is 0 Å². The van der Waals surface area contributed by atoms with Crippen LogP contribution in [0.15, 0.2) is 0 Å². The first-order valence-corrected chi connectivity index (χ1v) is 3.90. The fraction of sp³-hybridized carbons (Fsp3) is 0.750. The number of ether oxygens (including phenoxy) is 1. The molecule has 0 aromatic rings. The smallest absolute Gasteiger partial charge is 0.408 e. The van der Waals surface area contributed by atoms with Gasteiger partial charge in [-0.15, -0.1) is 0 Å². The van der Waals surface area contributed by atoms with Crippen LogP contribution in [0.1, 0.15) is 27.7 Å². The number of nitrogens with one attached hydrogen (secondary N) is 1. The zero-order valence-corrected chi connectivity index (χ0v) is 8.18. The highest BCUT2D eigenvalue weighted by atomic mass is 19.1. The zero-order valence-electron chi connectivity index (χ0n) is 8.18. The standard InChI is InChI=1S/C8H14FNO3/c1-5(6(9)11)13-7(12)10-8(2,3)4/h5H,1-4H3,(H,10,12)/t5-/m1/s1. The minimum Gasteiger partial charge on any atom is -0.435 e. The summed E-state index contributed by atoms with van der Waals surface area (Å²) in [5, 5.41) is 2.42. The van der Waals surface area contributed by atoms with Gasteiger partial charge in [0.15, 0.2) is 6.10 Å². The van der Waals surface area contributed by atoms with Crippen molar-refractivity contribution in [2.75, 3.05) is 0 Å². The van der Waals surface area contributed by atoms with E-state index in [1.54, 1.807) is 20.8 Å². The van der Waals surface area contributed by atoms with E-state index in [0.717, 1.165) is 0 Å². The van der Waals surface area contributed by atoms with E-state index in [9.17, 15) is 14.0 Å². The molecule has 0 aromatic heterocycles. The van der Waals surface area contributed by atoms with Gasteiger partial charge >= 0.3 is 12.1 Å². The summed E-state index contributed by atoms with van der Waals surface area (Å²) in [7, 11) is 0. The molecule has 1 amide bonds. The molecular weight excluding hydrogens is 177 g/mol. The molecule has 4 nitrogen and oxygen atoms in total. The van der Waals surface area contributed by atoms with Crippen molar-refractivity contribution in [2.45, 2.75) is 39.3 Å². The Morgan fingerprint density at radius 1 is 1.38 bits per heavy atom. The molecule has 0 heterocycles. The summed E-state index contributed by atoms with van der Waals surface area (Å²) in [5.41, 5.74) is -0.462. The predicted molar refractivity (Wildman–Crippen MR) is 44.9 cm³/mol. The Kier molecular flexibility index (Phi) is 3.84. The molecule has 0 radical (unpaired) electrons. The molecule has 0 aliphatic heterocycles. The van der Waals surface area contributed by atoms with Gasteiger partial charge in [0.1, 0.15) is 0 Å². The number of alkyl carbamates (subject to hydrolysis) is 1. The Labute approximate surface area is 76.4 Å². The molecule has 0 saturated carbocycles. The van der Waals surface area contributed by atoms with E-state index >= 15 is 0 Å². The summed E-state index contributed by atoms with van der Waals surface area (Å²) in [6.07, 6.45) is -2.15. The molecule has 0 aliphatic carbocycles. The third-order valence-electron chi connectivity index (χ3n) is 1.08. The SMILES string of the molecule is C[C@@H](OC(=O)NC(C)(C)C)C(=O)F. The number of halogens is 1.